The third-order valence-electron chi connectivity index (χ3n) is 5.69. The van der Waals surface area contributed by atoms with E-state index in [-0.39, 0.29) is 18.5 Å². The fourth-order valence-corrected chi connectivity index (χ4v) is 4.07. The van der Waals surface area contributed by atoms with Gasteiger partial charge >= 0.3 is 6.03 Å². The Bertz CT molecular complexity index is 1280. The summed E-state index contributed by atoms with van der Waals surface area (Å²) in [5.74, 6) is 1.13. The van der Waals surface area contributed by atoms with Gasteiger partial charge in [-0.25, -0.2) is 4.79 Å². The number of carbonyl (C=O) groups is 2. The lowest BCUT2D eigenvalue weighted by molar-refractivity contribution is -0.115. The highest BCUT2D eigenvalue weighted by molar-refractivity contribution is 5.94. The quantitative estimate of drug-likeness (QED) is 0.422. The summed E-state index contributed by atoms with van der Waals surface area (Å²) in [6.07, 6.45) is 0.788. The minimum absolute atomic E-state index is 0.100. The van der Waals surface area contributed by atoms with Crippen LogP contribution in [0.2, 0.25) is 0 Å². The first-order valence-corrected chi connectivity index (χ1v) is 10.9. The number of rotatable bonds is 5. The molecule has 0 saturated carbocycles. The largest absolute Gasteiger partial charge is 0.457 e. The summed E-state index contributed by atoms with van der Waals surface area (Å²) in [6.45, 7) is 1.02. The topological polar surface area (TPSA) is 86.5 Å². The Morgan fingerprint density at radius 1 is 0.909 bits per heavy atom. The van der Waals surface area contributed by atoms with Crippen LogP contribution >= 0.6 is 0 Å². The molecule has 0 spiro atoms. The van der Waals surface area contributed by atoms with Crippen LogP contribution in [0.4, 0.5) is 10.5 Å². The van der Waals surface area contributed by atoms with Gasteiger partial charge in [-0.3, -0.25) is 4.79 Å². The van der Waals surface area contributed by atoms with Crippen molar-refractivity contribution in [2.24, 2.45) is 0 Å². The third kappa shape index (κ3) is 4.67. The number of hydrogen-bond acceptors (Lipinski definition) is 3. The molecule has 0 aliphatic carbocycles. The maximum Gasteiger partial charge on any atom is 0.318 e. The van der Waals surface area contributed by atoms with Gasteiger partial charge in [0.05, 0.1) is 13.1 Å². The van der Waals surface area contributed by atoms with Gasteiger partial charge in [0.1, 0.15) is 11.5 Å². The van der Waals surface area contributed by atoms with Gasteiger partial charge in [0.15, 0.2) is 0 Å². The Balaban J connectivity index is 1.12. The maximum absolute atomic E-state index is 12.6. The first-order chi connectivity index (χ1) is 16.2. The number of benzene rings is 3. The molecule has 33 heavy (non-hydrogen) atoms. The van der Waals surface area contributed by atoms with E-state index in [1.807, 2.05) is 48.5 Å². The molecule has 7 nitrogen and oxygen atoms in total. The number of H-pyrrole nitrogens is 1. The number of fused-ring (bicyclic) bond motifs is 3. The summed E-state index contributed by atoms with van der Waals surface area (Å²) in [5.41, 5.74) is 4.05. The van der Waals surface area contributed by atoms with Crippen LogP contribution in [0, 0.1) is 0 Å². The molecule has 1 aromatic heterocycles. The van der Waals surface area contributed by atoms with Crippen molar-refractivity contribution < 1.29 is 14.3 Å². The Morgan fingerprint density at radius 2 is 1.64 bits per heavy atom. The molecule has 166 valence electrons. The number of para-hydroxylation sites is 2. The number of hydrogen-bond donors (Lipinski definition) is 3. The van der Waals surface area contributed by atoms with Crippen LogP contribution < -0.4 is 15.4 Å². The van der Waals surface area contributed by atoms with Crippen LogP contribution in [0.3, 0.4) is 0 Å². The van der Waals surface area contributed by atoms with E-state index < -0.39 is 0 Å². The molecular weight excluding hydrogens is 416 g/mol. The second-order valence-electron chi connectivity index (χ2n) is 7.95. The summed E-state index contributed by atoms with van der Waals surface area (Å²) in [7, 11) is 0. The van der Waals surface area contributed by atoms with Crippen LogP contribution in [0.1, 0.15) is 11.3 Å². The van der Waals surface area contributed by atoms with Crippen LogP contribution in [-0.4, -0.2) is 34.9 Å². The number of anilines is 1. The first-order valence-electron chi connectivity index (χ1n) is 10.9. The monoisotopic (exact) mass is 440 g/mol. The van der Waals surface area contributed by atoms with Gasteiger partial charge in [-0.1, -0.05) is 36.4 Å². The Labute approximate surface area is 191 Å². The number of aromatic nitrogens is 1. The first kappa shape index (κ1) is 20.6. The van der Waals surface area contributed by atoms with Gasteiger partial charge in [-0.05, 0) is 54.4 Å². The molecule has 0 saturated heterocycles. The molecule has 0 bridgehead atoms. The van der Waals surface area contributed by atoms with Gasteiger partial charge in [0, 0.05) is 28.8 Å². The van der Waals surface area contributed by atoms with Crippen LogP contribution in [-0.2, 0) is 17.8 Å². The summed E-state index contributed by atoms with van der Waals surface area (Å²) < 4.78 is 5.75. The lowest BCUT2D eigenvalue weighted by Gasteiger charge is -2.27. The van der Waals surface area contributed by atoms with Crippen molar-refractivity contribution in [1.82, 2.24) is 15.2 Å². The fraction of sp³-hybridized carbons (Fsp3) is 0.154. The number of ether oxygens (including phenoxy) is 1. The fourth-order valence-electron chi connectivity index (χ4n) is 4.07. The SMILES string of the molecule is O=C(CNC(=O)N1CCc2c([nH]c3ccccc23)C1)Nc1ccc(Oc2ccccc2)cc1. The zero-order chi connectivity index (χ0) is 22.6. The highest BCUT2D eigenvalue weighted by Gasteiger charge is 2.24. The number of nitrogens with zero attached hydrogens (tertiary/aromatic N) is 1. The summed E-state index contributed by atoms with van der Waals surface area (Å²) in [6, 6.07) is 24.5. The zero-order valence-corrected chi connectivity index (χ0v) is 18.0. The highest BCUT2D eigenvalue weighted by atomic mass is 16.5. The van der Waals surface area contributed by atoms with E-state index in [0.717, 1.165) is 23.4 Å². The molecule has 1 aliphatic heterocycles. The van der Waals surface area contributed by atoms with Crippen molar-refractivity contribution in [3.05, 3.63) is 90.1 Å². The van der Waals surface area contributed by atoms with Gasteiger partial charge in [-0.15, -0.1) is 0 Å². The van der Waals surface area contributed by atoms with Gasteiger partial charge in [0.25, 0.3) is 0 Å². The van der Waals surface area contributed by atoms with Crippen LogP contribution in [0.25, 0.3) is 10.9 Å². The third-order valence-corrected chi connectivity index (χ3v) is 5.69. The maximum atomic E-state index is 12.6. The molecule has 7 heteroatoms. The van der Waals surface area contributed by atoms with E-state index in [9.17, 15) is 9.59 Å². The smallest absolute Gasteiger partial charge is 0.318 e. The Kier molecular flexibility index (Phi) is 5.68. The molecule has 1 aliphatic rings. The van der Waals surface area contributed by atoms with Gasteiger partial charge < -0.3 is 25.3 Å². The molecule has 2 heterocycles. The average molecular weight is 441 g/mol. The summed E-state index contributed by atoms with van der Waals surface area (Å²) >= 11 is 0. The van der Waals surface area contributed by atoms with E-state index in [1.165, 1.54) is 10.9 Å². The molecule has 3 N–H and O–H groups in total. The molecule has 3 amide bonds. The van der Waals surface area contributed by atoms with Crippen molar-refractivity contribution in [2.75, 3.05) is 18.4 Å². The van der Waals surface area contributed by atoms with Gasteiger partial charge in [0.2, 0.25) is 5.91 Å². The van der Waals surface area contributed by atoms with E-state index >= 15 is 0 Å². The molecule has 0 unspecified atom stereocenters. The Morgan fingerprint density at radius 3 is 2.45 bits per heavy atom. The summed E-state index contributed by atoms with van der Waals surface area (Å²) in [5, 5.41) is 6.72. The standard InChI is InChI=1S/C26H24N4O3/c31-25(28-18-10-12-20(13-11-18)33-19-6-2-1-3-7-19)16-27-26(32)30-15-14-22-21-8-4-5-9-23(21)29-24(22)17-30/h1-13,29H,14-17H2,(H,27,32)(H,28,31). The van der Waals surface area contributed by atoms with Gasteiger partial charge in [-0.2, -0.15) is 0 Å². The number of nitrogens with one attached hydrogen (secondary N) is 3. The molecule has 5 rings (SSSR count). The molecule has 0 fully saturated rings. The predicted octanol–water partition coefficient (Wildman–Crippen LogP) is 4.67. The van der Waals surface area contributed by atoms with Crippen molar-refractivity contribution >= 4 is 28.5 Å². The lowest BCUT2D eigenvalue weighted by atomic mass is 10.0. The predicted molar refractivity (Wildman–Crippen MR) is 127 cm³/mol. The van der Waals surface area contributed by atoms with Crippen molar-refractivity contribution in [1.29, 1.82) is 0 Å². The Hall–Kier alpha value is -4.26. The van der Waals surface area contributed by atoms with E-state index in [1.54, 1.807) is 29.2 Å². The summed E-state index contributed by atoms with van der Waals surface area (Å²) in [4.78, 5) is 30.0. The highest BCUT2D eigenvalue weighted by Crippen LogP contribution is 2.27. The van der Waals surface area contributed by atoms with Crippen molar-refractivity contribution in [3.8, 4) is 11.5 Å². The van der Waals surface area contributed by atoms with Crippen LogP contribution in [0.5, 0.6) is 11.5 Å². The minimum atomic E-state index is -0.289. The molecular formula is C26H24N4O3. The normalized spacial score (nSPS) is 12.8. The average Bonchev–Trinajstić information content (AvgIpc) is 3.22. The zero-order valence-electron chi connectivity index (χ0n) is 18.0. The molecule has 0 atom stereocenters. The van der Waals surface area contributed by atoms with Crippen molar-refractivity contribution in [3.63, 3.8) is 0 Å². The van der Waals surface area contributed by atoms with Crippen molar-refractivity contribution in [2.45, 2.75) is 13.0 Å². The number of urea groups is 1. The number of carbonyl (C=O) groups excluding carboxylic acids is 2. The number of aromatic amines is 1. The number of amides is 3. The van der Waals surface area contributed by atoms with E-state index in [2.05, 4.69) is 21.7 Å². The molecule has 3 aromatic carbocycles. The second-order valence-corrected chi connectivity index (χ2v) is 7.95. The minimum Gasteiger partial charge on any atom is -0.457 e. The second kappa shape index (κ2) is 9.08. The molecule has 4 aromatic rings. The van der Waals surface area contributed by atoms with Crippen LogP contribution in [0.15, 0.2) is 78.9 Å². The molecule has 0 radical (unpaired) electrons. The lowest BCUT2D eigenvalue weighted by Crippen LogP contribution is -2.45. The van der Waals surface area contributed by atoms with E-state index in [4.69, 9.17) is 4.74 Å². The van der Waals surface area contributed by atoms with E-state index in [0.29, 0.717) is 24.5 Å².